The van der Waals surface area contributed by atoms with Crippen LogP contribution in [-0.2, 0) is 12.8 Å². The van der Waals surface area contributed by atoms with Gasteiger partial charge in [0.15, 0.2) is 5.82 Å². The molecule has 37 heavy (non-hydrogen) atoms. The SMILES string of the molecule is CN(C)/C(=C(\c1ccccc1)c1nc(Cc2ccccc2)nc(Cc2ccccc2)n1)c1ccccc1. The highest BCUT2D eigenvalue weighted by Gasteiger charge is 2.20. The Balaban J connectivity index is 1.73. The fourth-order valence-electron chi connectivity index (χ4n) is 4.49. The average molecular weight is 483 g/mol. The van der Waals surface area contributed by atoms with Crippen molar-refractivity contribution in [3.05, 3.63) is 161 Å². The Hall–Kier alpha value is -4.57. The van der Waals surface area contributed by atoms with E-state index in [1.807, 2.05) is 24.3 Å². The Kier molecular flexibility index (Phi) is 7.47. The fourth-order valence-corrected chi connectivity index (χ4v) is 4.49. The number of hydrogen-bond donors (Lipinski definition) is 0. The molecule has 0 fully saturated rings. The zero-order valence-electron chi connectivity index (χ0n) is 21.3. The third kappa shape index (κ3) is 5.99. The molecule has 0 atom stereocenters. The van der Waals surface area contributed by atoms with Crippen LogP contribution in [0.4, 0.5) is 0 Å². The van der Waals surface area contributed by atoms with Gasteiger partial charge in [-0.05, 0) is 22.3 Å². The zero-order chi connectivity index (χ0) is 25.5. The van der Waals surface area contributed by atoms with Gasteiger partial charge in [-0.1, -0.05) is 121 Å². The molecule has 182 valence electrons. The van der Waals surface area contributed by atoms with E-state index in [2.05, 4.69) is 116 Å². The van der Waals surface area contributed by atoms with Gasteiger partial charge in [0.2, 0.25) is 0 Å². The van der Waals surface area contributed by atoms with Gasteiger partial charge < -0.3 is 4.90 Å². The first-order valence-electron chi connectivity index (χ1n) is 12.5. The third-order valence-electron chi connectivity index (χ3n) is 6.16. The summed E-state index contributed by atoms with van der Waals surface area (Å²) in [6.07, 6.45) is 1.28. The van der Waals surface area contributed by atoms with Crippen molar-refractivity contribution in [2.24, 2.45) is 0 Å². The van der Waals surface area contributed by atoms with Crippen molar-refractivity contribution < 1.29 is 0 Å². The number of rotatable bonds is 8. The predicted molar refractivity (Wildman–Crippen MR) is 151 cm³/mol. The van der Waals surface area contributed by atoms with Crippen molar-refractivity contribution >= 4 is 11.3 Å². The molecule has 0 aliphatic carbocycles. The van der Waals surface area contributed by atoms with Crippen LogP contribution in [0.25, 0.3) is 11.3 Å². The highest BCUT2D eigenvalue weighted by atomic mass is 15.1. The lowest BCUT2D eigenvalue weighted by Crippen LogP contribution is -2.16. The quantitative estimate of drug-likeness (QED) is 0.236. The summed E-state index contributed by atoms with van der Waals surface area (Å²) in [7, 11) is 4.14. The van der Waals surface area contributed by atoms with Crippen LogP contribution in [0.1, 0.15) is 39.7 Å². The number of benzene rings is 4. The van der Waals surface area contributed by atoms with Crippen LogP contribution in [0.3, 0.4) is 0 Å². The number of nitrogens with zero attached hydrogens (tertiary/aromatic N) is 4. The second kappa shape index (κ2) is 11.4. The van der Waals surface area contributed by atoms with Crippen molar-refractivity contribution in [3.63, 3.8) is 0 Å². The van der Waals surface area contributed by atoms with Crippen LogP contribution in [0.5, 0.6) is 0 Å². The molecule has 0 aliphatic heterocycles. The van der Waals surface area contributed by atoms with E-state index in [0.717, 1.165) is 34.0 Å². The maximum atomic E-state index is 5.07. The van der Waals surface area contributed by atoms with Crippen LogP contribution in [-0.4, -0.2) is 33.9 Å². The van der Waals surface area contributed by atoms with Gasteiger partial charge >= 0.3 is 0 Å². The molecular formula is C33H30N4. The fraction of sp³-hybridized carbons (Fsp3) is 0.121. The van der Waals surface area contributed by atoms with E-state index < -0.39 is 0 Å². The monoisotopic (exact) mass is 482 g/mol. The second-order valence-corrected chi connectivity index (χ2v) is 9.17. The molecule has 0 unspecified atom stereocenters. The van der Waals surface area contributed by atoms with E-state index in [4.69, 9.17) is 15.0 Å². The average Bonchev–Trinajstić information content (AvgIpc) is 2.93. The Bertz CT molecular complexity index is 1400. The smallest absolute Gasteiger partial charge is 0.166 e. The summed E-state index contributed by atoms with van der Waals surface area (Å²) in [5.74, 6) is 2.22. The number of aromatic nitrogens is 3. The summed E-state index contributed by atoms with van der Waals surface area (Å²) in [6, 6.07) is 41.6. The van der Waals surface area contributed by atoms with Gasteiger partial charge in [-0.3, -0.25) is 0 Å². The lowest BCUT2D eigenvalue weighted by Gasteiger charge is -2.23. The molecule has 0 saturated carbocycles. The van der Waals surface area contributed by atoms with Gasteiger partial charge in [-0.25, -0.2) is 15.0 Å². The molecule has 0 N–H and O–H groups in total. The van der Waals surface area contributed by atoms with Crippen molar-refractivity contribution in [3.8, 4) is 0 Å². The molecule has 1 aromatic heterocycles. The summed E-state index contributed by atoms with van der Waals surface area (Å²) in [4.78, 5) is 17.2. The minimum atomic E-state index is 0.642. The van der Waals surface area contributed by atoms with Crippen LogP contribution in [0.2, 0.25) is 0 Å². The summed E-state index contributed by atoms with van der Waals surface area (Å²) >= 11 is 0. The minimum Gasteiger partial charge on any atom is -0.377 e. The largest absolute Gasteiger partial charge is 0.377 e. The van der Waals surface area contributed by atoms with Gasteiger partial charge in [0.1, 0.15) is 11.6 Å². The molecular weight excluding hydrogens is 452 g/mol. The Morgan fingerprint density at radius 2 is 0.919 bits per heavy atom. The summed E-state index contributed by atoms with van der Waals surface area (Å²) in [5, 5.41) is 0. The lowest BCUT2D eigenvalue weighted by molar-refractivity contribution is 0.593. The van der Waals surface area contributed by atoms with Crippen LogP contribution in [0.15, 0.2) is 121 Å². The van der Waals surface area contributed by atoms with Crippen molar-refractivity contribution in [1.29, 1.82) is 0 Å². The van der Waals surface area contributed by atoms with E-state index in [0.29, 0.717) is 18.7 Å². The highest BCUT2D eigenvalue weighted by Crippen LogP contribution is 2.32. The van der Waals surface area contributed by atoms with Gasteiger partial charge in [0.25, 0.3) is 0 Å². The zero-order valence-corrected chi connectivity index (χ0v) is 21.3. The lowest BCUT2D eigenvalue weighted by atomic mass is 9.97. The molecule has 5 aromatic rings. The van der Waals surface area contributed by atoms with Crippen molar-refractivity contribution in [2.45, 2.75) is 12.8 Å². The summed E-state index contributed by atoms with van der Waals surface area (Å²) in [6.45, 7) is 0. The molecule has 0 aliphatic rings. The first-order chi connectivity index (χ1) is 18.2. The van der Waals surface area contributed by atoms with E-state index in [-0.39, 0.29) is 0 Å². The first kappa shape index (κ1) is 24.1. The van der Waals surface area contributed by atoms with Gasteiger partial charge in [0, 0.05) is 26.9 Å². The van der Waals surface area contributed by atoms with Gasteiger partial charge in [0.05, 0.1) is 11.3 Å². The summed E-state index contributed by atoms with van der Waals surface area (Å²) in [5.41, 5.74) is 6.58. The van der Waals surface area contributed by atoms with Crippen LogP contribution < -0.4 is 0 Å². The first-order valence-corrected chi connectivity index (χ1v) is 12.5. The molecule has 0 spiro atoms. The normalized spacial score (nSPS) is 11.6. The molecule has 0 bridgehead atoms. The van der Waals surface area contributed by atoms with E-state index in [9.17, 15) is 0 Å². The molecule has 4 nitrogen and oxygen atoms in total. The Morgan fingerprint density at radius 1 is 0.514 bits per heavy atom. The summed E-state index contributed by atoms with van der Waals surface area (Å²) < 4.78 is 0. The maximum absolute atomic E-state index is 5.07. The standard InChI is InChI=1S/C33H30N4/c1-37(2)32(28-21-13-6-14-22-28)31(27-19-11-5-12-20-27)33-35-29(23-25-15-7-3-8-16-25)34-30(36-33)24-26-17-9-4-10-18-26/h3-22H,23-24H2,1-2H3/b32-31+. The van der Waals surface area contributed by atoms with Crippen LogP contribution in [0, 0.1) is 0 Å². The third-order valence-corrected chi connectivity index (χ3v) is 6.16. The van der Waals surface area contributed by atoms with E-state index in [1.165, 1.54) is 11.1 Å². The molecule has 1 heterocycles. The van der Waals surface area contributed by atoms with Gasteiger partial charge in [-0.2, -0.15) is 0 Å². The van der Waals surface area contributed by atoms with Crippen molar-refractivity contribution in [1.82, 2.24) is 19.9 Å². The topological polar surface area (TPSA) is 41.9 Å². The molecule has 4 heteroatoms. The molecule has 4 aromatic carbocycles. The van der Waals surface area contributed by atoms with E-state index in [1.54, 1.807) is 0 Å². The Morgan fingerprint density at radius 3 is 1.35 bits per heavy atom. The second-order valence-electron chi connectivity index (χ2n) is 9.17. The molecule has 5 rings (SSSR count). The Labute approximate surface area is 219 Å². The maximum Gasteiger partial charge on any atom is 0.166 e. The van der Waals surface area contributed by atoms with Crippen LogP contribution >= 0.6 is 0 Å². The van der Waals surface area contributed by atoms with E-state index >= 15 is 0 Å². The molecule has 0 amide bonds. The minimum absolute atomic E-state index is 0.642. The highest BCUT2D eigenvalue weighted by molar-refractivity contribution is 5.95. The van der Waals surface area contributed by atoms with Gasteiger partial charge in [-0.15, -0.1) is 0 Å². The number of hydrogen-bond acceptors (Lipinski definition) is 4. The van der Waals surface area contributed by atoms with Crippen molar-refractivity contribution in [2.75, 3.05) is 14.1 Å². The molecule has 0 saturated heterocycles. The predicted octanol–water partition coefficient (Wildman–Crippen LogP) is 6.53. The molecule has 0 radical (unpaired) electrons.